The number of hydrogen-bond donors (Lipinski definition) is 1. The molecule has 1 amide bonds. The summed E-state index contributed by atoms with van der Waals surface area (Å²) in [6, 6.07) is 5.66. The average Bonchev–Trinajstić information content (AvgIpc) is 3.11. The van der Waals surface area contributed by atoms with Crippen molar-refractivity contribution >= 4 is 37.5 Å². The average molecular weight is 395 g/mol. The van der Waals surface area contributed by atoms with Gasteiger partial charge in [-0.25, -0.2) is 13.1 Å². The maximum absolute atomic E-state index is 12.5. The molecule has 138 valence electrons. The number of fused-ring (bicyclic) bond motifs is 1. The summed E-state index contributed by atoms with van der Waals surface area (Å²) in [5, 5.41) is 3.77. The van der Waals surface area contributed by atoms with Gasteiger partial charge >= 0.3 is 10.8 Å². The molecule has 0 saturated carbocycles. The Morgan fingerprint density at radius 2 is 2.08 bits per heavy atom. The van der Waals surface area contributed by atoms with Gasteiger partial charge in [0.25, 0.3) is 10.0 Å². The van der Waals surface area contributed by atoms with E-state index in [-0.39, 0.29) is 15.5 Å². The number of nitrogens with one attached hydrogen (secondary N) is 1. The van der Waals surface area contributed by atoms with Crippen LogP contribution in [0.1, 0.15) is 30.1 Å². The lowest BCUT2D eigenvalue weighted by Crippen LogP contribution is -2.30. The van der Waals surface area contributed by atoms with E-state index in [2.05, 4.69) is 5.16 Å². The molecule has 1 N–H and O–H groups in total. The fourth-order valence-electron chi connectivity index (χ4n) is 2.45. The van der Waals surface area contributed by atoms with Gasteiger partial charge in [0.2, 0.25) is 5.76 Å². The second-order valence-electron chi connectivity index (χ2n) is 6.27. The highest BCUT2D eigenvalue weighted by atomic mass is 32.2. The smallest absolute Gasteiger partial charge is 0.307 e. The van der Waals surface area contributed by atoms with Gasteiger partial charge in [-0.1, -0.05) is 30.3 Å². The van der Waals surface area contributed by atoms with Crippen molar-refractivity contribution in [2.45, 2.75) is 25.2 Å². The van der Waals surface area contributed by atoms with E-state index in [4.69, 9.17) is 4.52 Å². The highest BCUT2D eigenvalue weighted by molar-refractivity contribution is 7.90. The number of carbonyl (C=O) groups excluding carboxylic acids is 1. The van der Waals surface area contributed by atoms with E-state index >= 15 is 0 Å². The van der Waals surface area contributed by atoms with E-state index in [1.54, 1.807) is 7.05 Å². The minimum atomic E-state index is -4.11. The second kappa shape index (κ2) is 6.69. The van der Waals surface area contributed by atoms with Crippen LogP contribution < -0.4 is 9.60 Å². The Morgan fingerprint density at radius 1 is 1.35 bits per heavy atom. The standard InChI is InChI=1S/C16H17N3O5S2/c1-9(2)6-10-7-13(24-17-10)15(20)18-26(22,23)11-4-5-12-14(8-11)25-16(21)19(12)3/h4-5,7-9H,6H2,1-3H3,(H,18,20). The first kappa shape index (κ1) is 18.3. The van der Waals surface area contributed by atoms with Crippen LogP contribution in [0, 0.1) is 5.92 Å². The highest BCUT2D eigenvalue weighted by Crippen LogP contribution is 2.21. The first-order valence-electron chi connectivity index (χ1n) is 7.79. The summed E-state index contributed by atoms with van der Waals surface area (Å²) in [5.41, 5.74) is 1.21. The number of rotatable bonds is 5. The zero-order valence-corrected chi connectivity index (χ0v) is 16.0. The van der Waals surface area contributed by atoms with E-state index in [9.17, 15) is 18.0 Å². The van der Waals surface area contributed by atoms with Crippen molar-refractivity contribution in [2.75, 3.05) is 0 Å². The van der Waals surface area contributed by atoms with E-state index in [0.717, 1.165) is 11.3 Å². The number of hydrogen-bond acceptors (Lipinski definition) is 7. The summed E-state index contributed by atoms with van der Waals surface area (Å²) in [4.78, 5) is 23.6. The molecular weight excluding hydrogens is 378 g/mol. The van der Waals surface area contributed by atoms with Gasteiger partial charge < -0.3 is 9.09 Å². The van der Waals surface area contributed by atoms with Crippen molar-refractivity contribution in [3.05, 3.63) is 45.4 Å². The normalized spacial score (nSPS) is 12.0. The van der Waals surface area contributed by atoms with Gasteiger partial charge in [-0.3, -0.25) is 9.59 Å². The number of thiazole rings is 1. The minimum Gasteiger partial charge on any atom is -0.351 e. The number of aromatic nitrogens is 2. The third-order valence-electron chi connectivity index (χ3n) is 3.70. The van der Waals surface area contributed by atoms with Gasteiger partial charge in [-0.15, -0.1) is 0 Å². The monoisotopic (exact) mass is 395 g/mol. The summed E-state index contributed by atoms with van der Waals surface area (Å²) in [7, 11) is -2.50. The molecule has 0 aliphatic carbocycles. The lowest BCUT2D eigenvalue weighted by molar-refractivity contribution is 0.0945. The van der Waals surface area contributed by atoms with Crippen molar-refractivity contribution < 1.29 is 17.7 Å². The Labute approximate surface area is 153 Å². The predicted octanol–water partition coefficient (Wildman–Crippen LogP) is 1.91. The zero-order valence-electron chi connectivity index (χ0n) is 14.3. The third-order valence-corrected chi connectivity index (χ3v) is 6.03. The number of sulfonamides is 1. The van der Waals surface area contributed by atoms with Gasteiger partial charge in [0.1, 0.15) is 0 Å². The quantitative estimate of drug-likeness (QED) is 0.706. The molecule has 3 aromatic rings. The van der Waals surface area contributed by atoms with Crippen molar-refractivity contribution in [2.24, 2.45) is 13.0 Å². The lowest BCUT2D eigenvalue weighted by Gasteiger charge is -2.05. The van der Waals surface area contributed by atoms with E-state index < -0.39 is 15.9 Å². The van der Waals surface area contributed by atoms with Gasteiger partial charge in [0.15, 0.2) is 0 Å². The summed E-state index contributed by atoms with van der Waals surface area (Å²) in [6.45, 7) is 3.99. The molecule has 1 aromatic carbocycles. The molecule has 0 atom stereocenters. The van der Waals surface area contributed by atoms with Crippen LogP contribution in [0.5, 0.6) is 0 Å². The van der Waals surface area contributed by atoms with Crippen LogP contribution in [0.4, 0.5) is 0 Å². The summed E-state index contributed by atoms with van der Waals surface area (Å²) in [6.07, 6.45) is 0.618. The fourth-order valence-corrected chi connectivity index (χ4v) is 4.42. The summed E-state index contributed by atoms with van der Waals surface area (Å²) >= 11 is 0.935. The van der Waals surface area contributed by atoms with Crippen LogP contribution in [-0.4, -0.2) is 24.0 Å². The zero-order chi connectivity index (χ0) is 19.1. The SMILES string of the molecule is CC(C)Cc1cc(C(=O)NS(=O)(=O)c2ccc3c(c2)sc(=O)n3C)on1. The molecule has 2 aromatic heterocycles. The summed E-state index contributed by atoms with van der Waals surface area (Å²) in [5.74, 6) is -0.743. The Kier molecular flexibility index (Phi) is 4.72. The Balaban J connectivity index is 1.85. The van der Waals surface area contributed by atoms with Gasteiger partial charge in [-0.2, -0.15) is 0 Å². The van der Waals surface area contributed by atoms with Crippen LogP contribution in [0.2, 0.25) is 0 Å². The molecule has 3 rings (SSSR count). The molecule has 10 heteroatoms. The van der Waals surface area contributed by atoms with Crippen LogP contribution in [-0.2, 0) is 23.5 Å². The van der Waals surface area contributed by atoms with Crippen LogP contribution in [0.25, 0.3) is 10.2 Å². The molecule has 0 spiro atoms. The molecule has 8 nitrogen and oxygen atoms in total. The highest BCUT2D eigenvalue weighted by Gasteiger charge is 2.23. The van der Waals surface area contributed by atoms with Gasteiger partial charge in [0.05, 0.1) is 20.8 Å². The second-order valence-corrected chi connectivity index (χ2v) is 8.95. The maximum atomic E-state index is 12.5. The maximum Gasteiger partial charge on any atom is 0.307 e. The topological polar surface area (TPSA) is 111 Å². The van der Waals surface area contributed by atoms with Crippen molar-refractivity contribution in [1.82, 2.24) is 14.4 Å². The van der Waals surface area contributed by atoms with Crippen molar-refractivity contribution in [3.8, 4) is 0 Å². The van der Waals surface area contributed by atoms with Gasteiger partial charge in [0, 0.05) is 13.1 Å². The molecule has 0 unspecified atom stereocenters. The number of carbonyl (C=O) groups is 1. The number of aryl methyl sites for hydroxylation is 1. The Hall–Kier alpha value is -2.46. The lowest BCUT2D eigenvalue weighted by atomic mass is 10.1. The van der Waals surface area contributed by atoms with Crippen LogP contribution >= 0.6 is 11.3 Å². The molecule has 0 bridgehead atoms. The first-order chi connectivity index (χ1) is 12.2. The van der Waals surface area contributed by atoms with E-state index in [1.165, 1.54) is 28.8 Å². The van der Waals surface area contributed by atoms with Gasteiger partial charge in [-0.05, 0) is 30.5 Å². The first-order valence-corrected chi connectivity index (χ1v) is 10.1. The van der Waals surface area contributed by atoms with Crippen molar-refractivity contribution in [1.29, 1.82) is 0 Å². The molecule has 0 radical (unpaired) electrons. The predicted molar refractivity (Wildman–Crippen MR) is 96.8 cm³/mol. The number of nitrogens with zero attached hydrogens (tertiary/aromatic N) is 2. The Bertz CT molecular complexity index is 1140. The molecule has 26 heavy (non-hydrogen) atoms. The van der Waals surface area contributed by atoms with Crippen LogP contribution in [0.15, 0.2) is 38.5 Å². The molecule has 2 heterocycles. The molecule has 0 aliphatic heterocycles. The van der Waals surface area contributed by atoms with E-state index in [1.807, 2.05) is 18.6 Å². The fraction of sp³-hybridized carbons (Fsp3) is 0.312. The molecule has 0 fully saturated rings. The molecule has 0 aliphatic rings. The molecular formula is C16H17N3O5S2. The third kappa shape index (κ3) is 3.56. The molecule has 0 saturated heterocycles. The largest absolute Gasteiger partial charge is 0.351 e. The Morgan fingerprint density at radius 3 is 2.77 bits per heavy atom. The number of benzene rings is 1. The van der Waals surface area contributed by atoms with Crippen LogP contribution in [0.3, 0.4) is 0 Å². The minimum absolute atomic E-state index is 0.109. The number of amides is 1. The van der Waals surface area contributed by atoms with E-state index in [0.29, 0.717) is 28.2 Å². The summed E-state index contributed by atoms with van der Waals surface area (Å²) < 4.78 is 33.8. The van der Waals surface area contributed by atoms with Crippen molar-refractivity contribution in [3.63, 3.8) is 0 Å².